The van der Waals surface area contributed by atoms with Gasteiger partial charge in [0.2, 0.25) is 5.91 Å². The molecular weight excluding hydrogens is 434 g/mol. The summed E-state index contributed by atoms with van der Waals surface area (Å²) in [4.78, 5) is 34.6. The Morgan fingerprint density at radius 3 is 2.11 bits per heavy atom. The molecule has 2 atom stereocenters. The quantitative estimate of drug-likeness (QED) is 0.313. The van der Waals surface area contributed by atoms with Gasteiger partial charge in [-0.15, -0.1) is 0 Å². The highest BCUT2D eigenvalue weighted by molar-refractivity contribution is 5.84. The smallest absolute Gasteiger partial charge is 0.266 e. The maximum Gasteiger partial charge on any atom is 0.266 e. The standard InChI is InChI=1S/C30H33N3O2/c1-5-25(23-14-8-6-9-15-23)29(34)32(20-21(2)3)22(4)28-31-27-19-13-12-18-26(27)30(35)33(28)24-16-10-7-11-17-24/h6-19,21-22,25H,5,20H2,1-4H3. The lowest BCUT2D eigenvalue weighted by Crippen LogP contribution is -2.41. The third kappa shape index (κ3) is 5.04. The molecule has 5 heteroatoms. The van der Waals surface area contributed by atoms with Crippen LogP contribution in [0.3, 0.4) is 0 Å². The summed E-state index contributed by atoms with van der Waals surface area (Å²) in [6, 6.07) is 26.5. The van der Waals surface area contributed by atoms with Gasteiger partial charge in [0.15, 0.2) is 0 Å². The molecule has 0 aliphatic rings. The summed E-state index contributed by atoms with van der Waals surface area (Å²) in [5, 5.41) is 0.560. The summed E-state index contributed by atoms with van der Waals surface area (Å²) in [5.74, 6) is 0.625. The highest BCUT2D eigenvalue weighted by Crippen LogP contribution is 2.29. The maximum atomic E-state index is 14.0. The number of carbonyl (C=O) groups is 1. The second kappa shape index (κ2) is 10.7. The minimum Gasteiger partial charge on any atom is -0.332 e. The lowest BCUT2D eigenvalue weighted by atomic mass is 9.94. The number of carbonyl (C=O) groups excluding carboxylic acids is 1. The Hall–Kier alpha value is -3.73. The van der Waals surface area contributed by atoms with Gasteiger partial charge in [-0.25, -0.2) is 4.98 Å². The molecule has 2 unspecified atom stereocenters. The van der Waals surface area contributed by atoms with Crippen LogP contribution in [0.4, 0.5) is 0 Å². The van der Waals surface area contributed by atoms with E-state index in [0.29, 0.717) is 29.7 Å². The normalized spacial score (nSPS) is 13.1. The maximum absolute atomic E-state index is 14.0. The van der Waals surface area contributed by atoms with Crippen LogP contribution in [0, 0.1) is 5.92 Å². The van der Waals surface area contributed by atoms with Gasteiger partial charge in [-0.05, 0) is 49.1 Å². The van der Waals surface area contributed by atoms with Crippen molar-refractivity contribution in [2.75, 3.05) is 6.54 Å². The SMILES string of the molecule is CCC(C(=O)N(CC(C)C)C(C)c1nc2ccccc2c(=O)n1-c1ccccc1)c1ccccc1. The van der Waals surface area contributed by atoms with Gasteiger partial charge in [-0.3, -0.25) is 14.2 Å². The van der Waals surface area contributed by atoms with Crippen LogP contribution >= 0.6 is 0 Å². The molecule has 0 radical (unpaired) electrons. The average Bonchev–Trinajstić information content (AvgIpc) is 2.88. The van der Waals surface area contributed by atoms with E-state index in [9.17, 15) is 9.59 Å². The molecule has 5 nitrogen and oxygen atoms in total. The number of hydrogen-bond acceptors (Lipinski definition) is 3. The predicted molar refractivity (Wildman–Crippen MR) is 142 cm³/mol. The van der Waals surface area contributed by atoms with Gasteiger partial charge in [0.05, 0.1) is 28.6 Å². The number of rotatable bonds is 8. The number of para-hydroxylation sites is 2. The minimum absolute atomic E-state index is 0.0573. The first-order chi connectivity index (χ1) is 16.9. The first-order valence-corrected chi connectivity index (χ1v) is 12.3. The zero-order chi connectivity index (χ0) is 24.9. The fraction of sp³-hybridized carbons (Fsp3) is 0.300. The first kappa shape index (κ1) is 24.4. The van der Waals surface area contributed by atoms with E-state index in [2.05, 4.69) is 13.8 Å². The van der Waals surface area contributed by atoms with Gasteiger partial charge >= 0.3 is 0 Å². The average molecular weight is 468 g/mol. The van der Waals surface area contributed by atoms with E-state index in [1.807, 2.05) is 97.6 Å². The topological polar surface area (TPSA) is 55.2 Å². The predicted octanol–water partition coefficient (Wildman–Crippen LogP) is 6.13. The minimum atomic E-state index is -0.403. The van der Waals surface area contributed by atoms with Crippen molar-refractivity contribution in [2.24, 2.45) is 5.92 Å². The number of amides is 1. The molecule has 0 fully saturated rings. The van der Waals surface area contributed by atoms with Crippen molar-refractivity contribution in [1.82, 2.24) is 14.5 Å². The molecule has 35 heavy (non-hydrogen) atoms. The molecule has 0 saturated carbocycles. The van der Waals surface area contributed by atoms with Crippen molar-refractivity contribution in [2.45, 2.75) is 46.1 Å². The molecule has 3 aromatic carbocycles. The Labute approximate surface area is 207 Å². The van der Waals surface area contributed by atoms with E-state index < -0.39 is 6.04 Å². The van der Waals surface area contributed by atoms with E-state index in [1.165, 1.54) is 0 Å². The summed E-state index contributed by atoms with van der Waals surface area (Å²) in [5.41, 5.74) is 2.26. The van der Waals surface area contributed by atoms with E-state index in [4.69, 9.17) is 4.98 Å². The summed E-state index contributed by atoms with van der Waals surface area (Å²) < 4.78 is 1.66. The summed E-state index contributed by atoms with van der Waals surface area (Å²) in [7, 11) is 0. The molecule has 1 aromatic heterocycles. The third-order valence-electron chi connectivity index (χ3n) is 6.41. The molecule has 0 bridgehead atoms. The molecule has 180 valence electrons. The molecule has 0 spiro atoms. The largest absolute Gasteiger partial charge is 0.332 e. The van der Waals surface area contributed by atoms with Crippen molar-refractivity contribution < 1.29 is 4.79 Å². The van der Waals surface area contributed by atoms with Gasteiger partial charge in [-0.1, -0.05) is 81.4 Å². The first-order valence-electron chi connectivity index (χ1n) is 12.3. The number of nitrogens with zero attached hydrogens (tertiary/aromatic N) is 3. The van der Waals surface area contributed by atoms with Crippen molar-refractivity contribution in [3.8, 4) is 5.69 Å². The van der Waals surface area contributed by atoms with Crippen molar-refractivity contribution >= 4 is 16.8 Å². The Morgan fingerprint density at radius 1 is 0.886 bits per heavy atom. The summed E-state index contributed by atoms with van der Waals surface area (Å²) in [6.45, 7) is 8.81. The fourth-order valence-corrected chi connectivity index (χ4v) is 4.67. The summed E-state index contributed by atoms with van der Waals surface area (Å²) >= 11 is 0. The van der Waals surface area contributed by atoms with E-state index >= 15 is 0 Å². The highest BCUT2D eigenvalue weighted by Gasteiger charge is 2.31. The molecule has 0 aliphatic carbocycles. The van der Waals surface area contributed by atoms with Crippen molar-refractivity contribution in [1.29, 1.82) is 0 Å². The molecule has 0 aliphatic heterocycles. The van der Waals surface area contributed by atoms with E-state index in [1.54, 1.807) is 10.6 Å². The second-order valence-electron chi connectivity index (χ2n) is 9.40. The number of aromatic nitrogens is 2. The zero-order valence-electron chi connectivity index (χ0n) is 20.9. The lowest BCUT2D eigenvalue weighted by molar-refractivity contribution is -0.136. The Bertz CT molecular complexity index is 1350. The number of benzene rings is 3. The van der Waals surface area contributed by atoms with E-state index in [0.717, 1.165) is 11.3 Å². The van der Waals surface area contributed by atoms with Crippen LogP contribution in [-0.2, 0) is 4.79 Å². The Balaban J connectivity index is 1.88. The van der Waals surface area contributed by atoms with Crippen LogP contribution in [0.25, 0.3) is 16.6 Å². The monoisotopic (exact) mass is 467 g/mol. The van der Waals surface area contributed by atoms with Crippen LogP contribution in [-0.4, -0.2) is 26.9 Å². The highest BCUT2D eigenvalue weighted by atomic mass is 16.2. The lowest BCUT2D eigenvalue weighted by Gasteiger charge is -2.34. The van der Waals surface area contributed by atoms with Crippen LogP contribution in [0.15, 0.2) is 89.7 Å². The van der Waals surface area contributed by atoms with E-state index in [-0.39, 0.29) is 23.3 Å². The van der Waals surface area contributed by atoms with Crippen LogP contribution in [0.1, 0.15) is 57.5 Å². The second-order valence-corrected chi connectivity index (χ2v) is 9.40. The van der Waals surface area contributed by atoms with Gasteiger partial charge in [0.25, 0.3) is 5.56 Å². The van der Waals surface area contributed by atoms with Crippen LogP contribution in [0.2, 0.25) is 0 Å². The van der Waals surface area contributed by atoms with Gasteiger partial charge in [0.1, 0.15) is 5.82 Å². The van der Waals surface area contributed by atoms with Gasteiger partial charge < -0.3 is 4.90 Å². The van der Waals surface area contributed by atoms with Crippen molar-refractivity contribution in [3.05, 3.63) is 107 Å². The van der Waals surface area contributed by atoms with Gasteiger partial charge in [-0.2, -0.15) is 0 Å². The van der Waals surface area contributed by atoms with Crippen LogP contribution in [0.5, 0.6) is 0 Å². The molecule has 0 N–H and O–H groups in total. The molecular formula is C30H33N3O2. The third-order valence-corrected chi connectivity index (χ3v) is 6.41. The zero-order valence-corrected chi connectivity index (χ0v) is 20.9. The van der Waals surface area contributed by atoms with Crippen molar-refractivity contribution in [3.63, 3.8) is 0 Å². The fourth-order valence-electron chi connectivity index (χ4n) is 4.67. The Kier molecular flexibility index (Phi) is 7.45. The molecule has 4 aromatic rings. The number of fused-ring (bicyclic) bond motifs is 1. The molecule has 0 saturated heterocycles. The molecule has 1 heterocycles. The molecule has 1 amide bonds. The van der Waals surface area contributed by atoms with Gasteiger partial charge in [0, 0.05) is 6.54 Å². The van der Waals surface area contributed by atoms with Crippen LogP contribution < -0.4 is 5.56 Å². The summed E-state index contributed by atoms with van der Waals surface area (Å²) in [6.07, 6.45) is 0.695. The Morgan fingerprint density at radius 2 is 1.49 bits per heavy atom. The molecule has 4 rings (SSSR count). The number of hydrogen-bond donors (Lipinski definition) is 0.